The van der Waals surface area contributed by atoms with Crippen LogP contribution >= 0.6 is 34.8 Å². The van der Waals surface area contributed by atoms with Crippen LogP contribution in [0.4, 0.5) is 0 Å². The number of carbonyl (C=O) groups excluding carboxylic acids is 1. The Morgan fingerprint density at radius 2 is 1.75 bits per heavy atom. The van der Waals surface area contributed by atoms with Crippen molar-refractivity contribution in [3.05, 3.63) is 80.6 Å². The van der Waals surface area contributed by atoms with Gasteiger partial charge >= 0.3 is 0 Å². The molecule has 0 unspecified atom stereocenters. The number of aromatic nitrogens is 2. The molecule has 1 fully saturated rings. The SMILES string of the molecule is Cc1cc(Cl)ccc1OCn1ccc(C(=O)N2CCN(Cc3c(Cl)cccc3Cl)CC2)n1. The number of ether oxygens (including phenoxy) is 1. The number of amides is 1. The lowest BCUT2D eigenvalue weighted by Gasteiger charge is -2.34. The monoisotopic (exact) mass is 492 g/mol. The van der Waals surface area contributed by atoms with Crippen LogP contribution in [0.25, 0.3) is 0 Å². The summed E-state index contributed by atoms with van der Waals surface area (Å²) >= 11 is 18.6. The third-order valence-corrected chi connectivity index (χ3v) is 6.40. The van der Waals surface area contributed by atoms with Gasteiger partial charge in [-0.25, -0.2) is 4.68 Å². The Balaban J connectivity index is 1.30. The van der Waals surface area contributed by atoms with Gasteiger partial charge in [-0.05, 0) is 48.9 Å². The van der Waals surface area contributed by atoms with E-state index in [0.717, 1.165) is 30.0 Å². The highest BCUT2D eigenvalue weighted by Gasteiger charge is 2.24. The molecule has 2 aromatic carbocycles. The maximum atomic E-state index is 12.9. The first-order valence-electron chi connectivity index (χ1n) is 10.3. The van der Waals surface area contributed by atoms with E-state index in [1.54, 1.807) is 23.0 Å². The van der Waals surface area contributed by atoms with Crippen LogP contribution in [0, 0.1) is 6.92 Å². The van der Waals surface area contributed by atoms with Crippen LogP contribution < -0.4 is 4.74 Å². The second-order valence-corrected chi connectivity index (χ2v) is 8.94. The standard InChI is InChI=1S/C23H23Cl3N4O2/c1-16-13-17(24)5-6-22(16)32-15-30-8-7-21(27-30)23(31)29-11-9-28(10-12-29)14-18-19(25)3-2-4-20(18)26/h2-8,13H,9-12,14-15H2,1H3. The minimum absolute atomic E-state index is 0.0816. The van der Waals surface area contributed by atoms with Gasteiger partial charge in [0.1, 0.15) is 5.75 Å². The topological polar surface area (TPSA) is 50.6 Å². The minimum atomic E-state index is -0.0816. The lowest BCUT2D eigenvalue weighted by Crippen LogP contribution is -2.48. The molecule has 0 atom stereocenters. The van der Waals surface area contributed by atoms with E-state index in [2.05, 4.69) is 10.00 Å². The van der Waals surface area contributed by atoms with Gasteiger partial charge in [-0.15, -0.1) is 0 Å². The maximum absolute atomic E-state index is 12.9. The molecule has 1 aromatic heterocycles. The van der Waals surface area contributed by atoms with Crippen molar-refractivity contribution in [1.29, 1.82) is 0 Å². The molecule has 32 heavy (non-hydrogen) atoms. The fraction of sp³-hybridized carbons (Fsp3) is 0.304. The van der Waals surface area contributed by atoms with Gasteiger partial charge < -0.3 is 9.64 Å². The summed E-state index contributed by atoms with van der Waals surface area (Å²) in [5.41, 5.74) is 2.27. The molecule has 0 saturated carbocycles. The van der Waals surface area contributed by atoms with E-state index in [0.29, 0.717) is 40.4 Å². The van der Waals surface area contributed by atoms with Gasteiger partial charge in [0.05, 0.1) is 0 Å². The van der Waals surface area contributed by atoms with E-state index >= 15 is 0 Å². The molecule has 6 nitrogen and oxygen atoms in total. The highest BCUT2D eigenvalue weighted by atomic mass is 35.5. The first kappa shape index (κ1) is 22.9. The Bertz CT molecular complexity index is 1090. The molecule has 1 aliphatic heterocycles. The summed E-state index contributed by atoms with van der Waals surface area (Å²) in [6, 6.07) is 12.7. The number of hydrogen-bond donors (Lipinski definition) is 0. The predicted octanol–water partition coefficient (Wildman–Crippen LogP) is 5.15. The normalized spacial score (nSPS) is 14.6. The number of nitrogens with zero attached hydrogens (tertiary/aromatic N) is 4. The van der Waals surface area contributed by atoms with Gasteiger partial charge in [0.15, 0.2) is 12.4 Å². The molecule has 3 aromatic rings. The van der Waals surface area contributed by atoms with E-state index in [1.807, 2.05) is 42.2 Å². The minimum Gasteiger partial charge on any atom is -0.471 e. The van der Waals surface area contributed by atoms with E-state index in [4.69, 9.17) is 39.5 Å². The third kappa shape index (κ3) is 5.38. The van der Waals surface area contributed by atoms with Crippen molar-refractivity contribution in [1.82, 2.24) is 19.6 Å². The van der Waals surface area contributed by atoms with Crippen molar-refractivity contribution < 1.29 is 9.53 Å². The Morgan fingerprint density at radius 3 is 2.44 bits per heavy atom. The van der Waals surface area contributed by atoms with Crippen LogP contribution in [0.2, 0.25) is 15.1 Å². The number of aryl methyl sites for hydroxylation is 1. The van der Waals surface area contributed by atoms with Crippen molar-refractivity contribution in [2.75, 3.05) is 26.2 Å². The Morgan fingerprint density at radius 1 is 1.03 bits per heavy atom. The molecule has 0 spiro atoms. The molecule has 2 heterocycles. The van der Waals surface area contributed by atoms with Gasteiger partial charge in [0, 0.05) is 59.6 Å². The number of benzene rings is 2. The number of halogens is 3. The van der Waals surface area contributed by atoms with Crippen LogP contribution in [0.3, 0.4) is 0 Å². The van der Waals surface area contributed by atoms with E-state index in [-0.39, 0.29) is 12.6 Å². The lowest BCUT2D eigenvalue weighted by molar-refractivity contribution is 0.0621. The van der Waals surface area contributed by atoms with Crippen molar-refractivity contribution in [3.63, 3.8) is 0 Å². The summed E-state index contributed by atoms with van der Waals surface area (Å²) < 4.78 is 7.40. The van der Waals surface area contributed by atoms with Crippen LogP contribution in [-0.2, 0) is 13.3 Å². The molecule has 1 saturated heterocycles. The van der Waals surface area contributed by atoms with Gasteiger partial charge in [-0.2, -0.15) is 5.10 Å². The summed E-state index contributed by atoms with van der Waals surface area (Å²) in [6.07, 6.45) is 1.74. The Kier molecular flexibility index (Phi) is 7.26. The number of carbonyl (C=O) groups is 1. The highest BCUT2D eigenvalue weighted by Crippen LogP contribution is 2.26. The van der Waals surface area contributed by atoms with Gasteiger partial charge in [0.25, 0.3) is 5.91 Å². The first-order valence-corrected chi connectivity index (χ1v) is 11.4. The largest absolute Gasteiger partial charge is 0.471 e. The fourth-order valence-electron chi connectivity index (χ4n) is 3.64. The molecule has 0 N–H and O–H groups in total. The first-order chi connectivity index (χ1) is 15.4. The molecule has 1 amide bonds. The molecule has 0 aliphatic carbocycles. The fourth-order valence-corrected chi connectivity index (χ4v) is 4.38. The Hall–Kier alpha value is -2.25. The molecule has 168 valence electrons. The van der Waals surface area contributed by atoms with Gasteiger partial charge in [-0.1, -0.05) is 40.9 Å². The van der Waals surface area contributed by atoms with Gasteiger partial charge in [0.2, 0.25) is 0 Å². The van der Waals surface area contributed by atoms with Crippen molar-refractivity contribution in [3.8, 4) is 5.75 Å². The zero-order valence-electron chi connectivity index (χ0n) is 17.6. The van der Waals surface area contributed by atoms with Crippen molar-refractivity contribution >= 4 is 40.7 Å². The summed E-state index contributed by atoms with van der Waals surface area (Å²) in [4.78, 5) is 17.0. The molecule has 4 rings (SSSR count). The zero-order chi connectivity index (χ0) is 22.7. The average molecular weight is 494 g/mol. The Labute approximate surface area is 202 Å². The number of hydrogen-bond acceptors (Lipinski definition) is 4. The molecule has 1 aliphatic rings. The van der Waals surface area contributed by atoms with E-state index in [9.17, 15) is 4.79 Å². The summed E-state index contributed by atoms with van der Waals surface area (Å²) in [7, 11) is 0. The number of rotatable bonds is 6. The van der Waals surface area contributed by atoms with Crippen LogP contribution in [-0.4, -0.2) is 51.7 Å². The molecular formula is C23H23Cl3N4O2. The van der Waals surface area contributed by atoms with Crippen LogP contribution in [0.5, 0.6) is 5.75 Å². The predicted molar refractivity (Wildman–Crippen MR) is 127 cm³/mol. The maximum Gasteiger partial charge on any atom is 0.274 e. The molecule has 0 bridgehead atoms. The third-order valence-electron chi connectivity index (χ3n) is 5.45. The quantitative estimate of drug-likeness (QED) is 0.477. The van der Waals surface area contributed by atoms with Crippen LogP contribution in [0.1, 0.15) is 21.6 Å². The average Bonchev–Trinajstić information content (AvgIpc) is 3.25. The summed E-state index contributed by atoms with van der Waals surface area (Å²) in [5.74, 6) is 0.648. The lowest BCUT2D eigenvalue weighted by atomic mass is 10.2. The van der Waals surface area contributed by atoms with Crippen molar-refractivity contribution in [2.45, 2.75) is 20.2 Å². The van der Waals surface area contributed by atoms with Gasteiger partial charge in [-0.3, -0.25) is 9.69 Å². The second-order valence-electron chi connectivity index (χ2n) is 7.69. The smallest absolute Gasteiger partial charge is 0.274 e. The van der Waals surface area contributed by atoms with Crippen LogP contribution in [0.15, 0.2) is 48.7 Å². The summed E-state index contributed by atoms with van der Waals surface area (Å²) in [6.45, 7) is 5.53. The zero-order valence-corrected chi connectivity index (χ0v) is 19.9. The molecule has 9 heteroatoms. The van der Waals surface area contributed by atoms with Crippen molar-refractivity contribution in [2.24, 2.45) is 0 Å². The summed E-state index contributed by atoms with van der Waals surface area (Å²) in [5, 5.41) is 6.38. The highest BCUT2D eigenvalue weighted by molar-refractivity contribution is 6.36. The number of piperazine rings is 1. The second kappa shape index (κ2) is 10.1. The van der Waals surface area contributed by atoms with E-state index < -0.39 is 0 Å². The molecular weight excluding hydrogens is 471 g/mol. The molecule has 0 radical (unpaired) electrons. The van der Waals surface area contributed by atoms with E-state index in [1.165, 1.54) is 0 Å².